The highest BCUT2D eigenvalue weighted by Crippen LogP contribution is 2.31. The van der Waals surface area contributed by atoms with Gasteiger partial charge in [-0.2, -0.15) is 5.10 Å². The summed E-state index contributed by atoms with van der Waals surface area (Å²) in [6, 6.07) is 1.80. The second kappa shape index (κ2) is 7.05. The van der Waals surface area contributed by atoms with Crippen molar-refractivity contribution in [3.8, 4) is 0 Å². The summed E-state index contributed by atoms with van der Waals surface area (Å²) in [6.45, 7) is 5.09. The van der Waals surface area contributed by atoms with Gasteiger partial charge in [-0.1, -0.05) is 5.16 Å². The van der Waals surface area contributed by atoms with Gasteiger partial charge in [-0.25, -0.2) is 5.43 Å². The highest BCUT2D eigenvalue weighted by atomic mass is 16.5. The van der Waals surface area contributed by atoms with Gasteiger partial charge in [0.2, 0.25) is 0 Å². The van der Waals surface area contributed by atoms with Crippen LogP contribution < -0.4 is 5.43 Å². The SMILES string of the molecule is Cc1cc(C2=NNC(=O)C2=Cc2[nH]c3c(c2CN2CCCC2)CCCC3)no1. The van der Waals surface area contributed by atoms with Crippen LogP contribution >= 0.6 is 0 Å². The monoisotopic (exact) mass is 379 g/mol. The Morgan fingerprint density at radius 3 is 2.82 bits per heavy atom. The van der Waals surface area contributed by atoms with E-state index in [0.717, 1.165) is 38.2 Å². The van der Waals surface area contributed by atoms with E-state index in [0.29, 0.717) is 22.7 Å². The topological polar surface area (TPSA) is 86.5 Å². The molecule has 0 bridgehead atoms. The van der Waals surface area contributed by atoms with E-state index in [9.17, 15) is 4.79 Å². The van der Waals surface area contributed by atoms with Gasteiger partial charge < -0.3 is 9.51 Å². The maximum atomic E-state index is 12.5. The Morgan fingerprint density at radius 1 is 1.21 bits per heavy atom. The van der Waals surface area contributed by atoms with E-state index in [1.165, 1.54) is 42.5 Å². The highest BCUT2D eigenvalue weighted by Gasteiger charge is 2.28. The molecule has 0 saturated carbocycles. The Hall–Kier alpha value is -2.67. The number of aryl methyl sites for hydroxylation is 2. The molecule has 1 fully saturated rings. The molecule has 0 atom stereocenters. The van der Waals surface area contributed by atoms with Crippen molar-refractivity contribution in [2.24, 2.45) is 5.10 Å². The second-order valence-electron chi connectivity index (χ2n) is 7.95. The second-order valence-corrected chi connectivity index (χ2v) is 7.95. The molecule has 2 aliphatic heterocycles. The Balaban J connectivity index is 1.55. The van der Waals surface area contributed by atoms with Crippen LogP contribution in [0.5, 0.6) is 0 Å². The standard InChI is InChI=1S/C21H25N5O2/c1-13-10-19(25-28-13)20-15(21(27)24-23-20)11-18-16(12-26-8-4-5-9-26)14-6-2-3-7-17(14)22-18/h10-11,22H,2-9,12H2,1H3,(H,24,27). The molecule has 7 heteroatoms. The molecule has 146 valence electrons. The molecule has 2 N–H and O–H groups in total. The van der Waals surface area contributed by atoms with E-state index >= 15 is 0 Å². The van der Waals surface area contributed by atoms with Crippen LogP contribution in [0, 0.1) is 6.92 Å². The van der Waals surface area contributed by atoms with Gasteiger partial charge in [-0.3, -0.25) is 9.69 Å². The normalized spacial score (nSPS) is 21.2. The molecule has 4 heterocycles. The smallest absolute Gasteiger partial charge is 0.273 e. The fourth-order valence-electron chi connectivity index (χ4n) is 4.53. The Labute approximate surface area is 163 Å². The molecule has 2 aromatic heterocycles. The Morgan fingerprint density at radius 2 is 2.04 bits per heavy atom. The van der Waals surface area contributed by atoms with Crippen LogP contribution in [0.3, 0.4) is 0 Å². The van der Waals surface area contributed by atoms with Crippen molar-refractivity contribution in [3.63, 3.8) is 0 Å². The highest BCUT2D eigenvalue weighted by molar-refractivity contribution is 6.32. The van der Waals surface area contributed by atoms with Crippen molar-refractivity contribution < 1.29 is 9.32 Å². The van der Waals surface area contributed by atoms with E-state index in [1.807, 2.05) is 13.0 Å². The lowest BCUT2D eigenvalue weighted by atomic mass is 9.93. The molecular formula is C21H25N5O2. The number of hydrazone groups is 1. The van der Waals surface area contributed by atoms with Gasteiger partial charge in [0.15, 0.2) is 0 Å². The first-order valence-electron chi connectivity index (χ1n) is 10.2. The third-order valence-electron chi connectivity index (χ3n) is 5.95. The maximum absolute atomic E-state index is 12.5. The Bertz CT molecular complexity index is 975. The Kier molecular flexibility index (Phi) is 4.39. The van der Waals surface area contributed by atoms with Crippen molar-refractivity contribution in [1.82, 2.24) is 20.5 Å². The summed E-state index contributed by atoms with van der Waals surface area (Å²) in [6.07, 6.45) is 9.16. The average molecular weight is 379 g/mol. The van der Waals surface area contributed by atoms with Crippen LogP contribution in [0.25, 0.3) is 6.08 Å². The van der Waals surface area contributed by atoms with Gasteiger partial charge in [0.1, 0.15) is 17.2 Å². The molecular weight excluding hydrogens is 354 g/mol. The number of likely N-dealkylation sites (tertiary alicyclic amines) is 1. The van der Waals surface area contributed by atoms with Crippen LogP contribution in [-0.4, -0.2) is 39.7 Å². The minimum absolute atomic E-state index is 0.199. The number of nitrogens with one attached hydrogen (secondary N) is 2. The van der Waals surface area contributed by atoms with Gasteiger partial charge in [0.25, 0.3) is 5.91 Å². The first kappa shape index (κ1) is 17.4. The molecule has 1 amide bonds. The molecule has 7 nitrogen and oxygen atoms in total. The van der Waals surface area contributed by atoms with Crippen LogP contribution in [0.15, 0.2) is 21.3 Å². The van der Waals surface area contributed by atoms with Crippen LogP contribution in [0.4, 0.5) is 0 Å². The largest absolute Gasteiger partial charge is 0.361 e. The third kappa shape index (κ3) is 3.09. The lowest BCUT2D eigenvalue weighted by molar-refractivity contribution is -0.116. The number of rotatable bonds is 4. The van der Waals surface area contributed by atoms with Crippen LogP contribution in [-0.2, 0) is 24.2 Å². The lowest BCUT2D eigenvalue weighted by Crippen LogP contribution is -2.20. The molecule has 0 aromatic carbocycles. The van der Waals surface area contributed by atoms with E-state index in [-0.39, 0.29) is 5.91 Å². The van der Waals surface area contributed by atoms with Crippen molar-refractivity contribution in [3.05, 3.63) is 45.6 Å². The zero-order valence-corrected chi connectivity index (χ0v) is 16.2. The average Bonchev–Trinajstić information content (AvgIpc) is 3.47. The molecule has 0 unspecified atom stereocenters. The zero-order chi connectivity index (χ0) is 19.1. The lowest BCUT2D eigenvalue weighted by Gasteiger charge is -2.18. The van der Waals surface area contributed by atoms with Gasteiger partial charge in [-0.15, -0.1) is 0 Å². The minimum atomic E-state index is -0.199. The summed E-state index contributed by atoms with van der Waals surface area (Å²) in [7, 11) is 0. The number of H-pyrrole nitrogens is 1. The van der Waals surface area contributed by atoms with E-state index in [1.54, 1.807) is 6.07 Å². The summed E-state index contributed by atoms with van der Waals surface area (Å²) >= 11 is 0. The molecule has 0 radical (unpaired) electrons. The number of amides is 1. The van der Waals surface area contributed by atoms with Crippen molar-refractivity contribution in [2.75, 3.05) is 13.1 Å². The summed E-state index contributed by atoms with van der Waals surface area (Å²) in [5, 5.41) is 8.23. The van der Waals surface area contributed by atoms with Gasteiger partial charge in [0.05, 0.1) is 5.57 Å². The summed E-state index contributed by atoms with van der Waals surface area (Å²) in [5.74, 6) is 0.497. The van der Waals surface area contributed by atoms with E-state index < -0.39 is 0 Å². The van der Waals surface area contributed by atoms with Crippen molar-refractivity contribution in [2.45, 2.75) is 52.0 Å². The summed E-state index contributed by atoms with van der Waals surface area (Å²) < 4.78 is 5.18. The quantitative estimate of drug-likeness (QED) is 0.800. The maximum Gasteiger partial charge on any atom is 0.273 e. The molecule has 5 rings (SSSR count). The summed E-state index contributed by atoms with van der Waals surface area (Å²) in [5.41, 5.74) is 9.42. The van der Waals surface area contributed by atoms with Gasteiger partial charge in [-0.05, 0) is 75.7 Å². The summed E-state index contributed by atoms with van der Waals surface area (Å²) in [4.78, 5) is 18.6. The number of nitrogens with zero attached hydrogens (tertiary/aromatic N) is 3. The predicted molar refractivity (Wildman–Crippen MR) is 106 cm³/mol. The number of hydrogen-bond donors (Lipinski definition) is 2. The van der Waals surface area contributed by atoms with Crippen molar-refractivity contribution in [1.29, 1.82) is 0 Å². The first-order chi connectivity index (χ1) is 13.7. The van der Waals surface area contributed by atoms with Crippen molar-refractivity contribution >= 4 is 17.7 Å². The molecule has 3 aliphatic rings. The molecule has 2 aromatic rings. The zero-order valence-electron chi connectivity index (χ0n) is 16.2. The molecule has 28 heavy (non-hydrogen) atoms. The van der Waals surface area contributed by atoms with E-state index in [4.69, 9.17) is 4.52 Å². The third-order valence-corrected chi connectivity index (χ3v) is 5.95. The molecule has 1 aliphatic carbocycles. The first-order valence-corrected chi connectivity index (χ1v) is 10.2. The minimum Gasteiger partial charge on any atom is -0.361 e. The molecule has 0 spiro atoms. The fourth-order valence-corrected chi connectivity index (χ4v) is 4.53. The number of carbonyl (C=O) groups excluding carboxylic acids is 1. The fraction of sp³-hybridized carbons (Fsp3) is 0.476. The number of aromatic amines is 1. The number of hydrogen-bond acceptors (Lipinski definition) is 5. The molecule has 1 saturated heterocycles. The van der Waals surface area contributed by atoms with Crippen LogP contribution in [0.1, 0.15) is 59.7 Å². The van der Waals surface area contributed by atoms with Gasteiger partial charge >= 0.3 is 0 Å². The van der Waals surface area contributed by atoms with E-state index in [2.05, 4.69) is 25.6 Å². The van der Waals surface area contributed by atoms with Crippen LogP contribution in [0.2, 0.25) is 0 Å². The number of carbonyl (C=O) groups is 1. The number of fused-ring (bicyclic) bond motifs is 1. The predicted octanol–water partition coefficient (Wildman–Crippen LogP) is 2.70. The van der Waals surface area contributed by atoms with Gasteiger partial charge in [0, 0.05) is 24.0 Å². The number of aromatic nitrogens is 2.